The van der Waals surface area contributed by atoms with E-state index in [1.54, 1.807) is 0 Å². The molecule has 0 radical (unpaired) electrons. The first-order chi connectivity index (χ1) is 5.75. The van der Waals surface area contributed by atoms with E-state index >= 15 is 0 Å². The Hall–Kier alpha value is -1.05. The lowest BCUT2D eigenvalue weighted by Gasteiger charge is -2.16. The second kappa shape index (κ2) is 4.26. The Kier molecular flexibility index (Phi) is 3.92. The lowest BCUT2D eigenvalue weighted by molar-refractivity contribution is -0.191. The maximum absolute atomic E-state index is 11.9. The van der Waals surface area contributed by atoms with Crippen molar-refractivity contribution in [2.24, 2.45) is 11.7 Å². The van der Waals surface area contributed by atoms with Gasteiger partial charge in [-0.1, -0.05) is 0 Å². The van der Waals surface area contributed by atoms with Crippen LogP contribution in [0.1, 0.15) is 0 Å². The number of thiocarbonyl (C=S) groups is 1. The Bertz CT molecular complexity index is 218. The van der Waals surface area contributed by atoms with E-state index in [0.717, 1.165) is 0 Å². The smallest absolute Gasteiger partial charge is 0.403 e. The highest BCUT2D eigenvalue weighted by Crippen LogP contribution is 2.25. The molecule has 0 aromatic carbocycles. The molecule has 0 fully saturated rings. The number of carboxylic acids is 1. The van der Waals surface area contributed by atoms with E-state index in [9.17, 15) is 18.0 Å². The SMILES string of the molecule is NC(=S)NCC(C(=O)O)C(F)(F)F. The lowest BCUT2D eigenvalue weighted by atomic mass is 10.1. The van der Waals surface area contributed by atoms with Gasteiger partial charge < -0.3 is 16.2 Å². The molecule has 13 heavy (non-hydrogen) atoms. The first kappa shape index (κ1) is 11.9. The molecule has 0 rings (SSSR count). The van der Waals surface area contributed by atoms with Crippen LogP contribution in [0, 0.1) is 5.92 Å². The number of hydrogen-bond acceptors (Lipinski definition) is 2. The highest BCUT2D eigenvalue weighted by atomic mass is 32.1. The molecule has 0 saturated carbocycles. The van der Waals surface area contributed by atoms with Gasteiger partial charge in [0.1, 0.15) is 0 Å². The van der Waals surface area contributed by atoms with Gasteiger partial charge in [-0.15, -0.1) is 0 Å². The van der Waals surface area contributed by atoms with Gasteiger partial charge in [0.2, 0.25) is 0 Å². The highest BCUT2D eigenvalue weighted by molar-refractivity contribution is 7.80. The molecule has 0 amide bonds. The maximum Gasteiger partial charge on any atom is 0.403 e. The number of hydrogen-bond donors (Lipinski definition) is 3. The van der Waals surface area contributed by atoms with Gasteiger partial charge in [-0.2, -0.15) is 13.2 Å². The van der Waals surface area contributed by atoms with E-state index in [1.165, 1.54) is 0 Å². The van der Waals surface area contributed by atoms with Crippen molar-refractivity contribution in [3.8, 4) is 0 Å². The zero-order valence-corrected chi connectivity index (χ0v) is 7.08. The molecule has 8 heteroatoms. The summed E-state index contributed by atoms with van der Waals surface area (Å²) in [5.74, 6) is -4.45. The zero-order valence-electron chi connectivity index (χ0n) is 6.26. The minimum Gasteiger partial charge on any atom is -0.481 e. The van der Waals surface area contributed by atoms with Crippen molar-refractivity contribution in [3.63, 3.8) is 0 Å². The molecule has 0 aliphatic rings. The van der Waals surface area contributed by atoms with Crippen molar-refractivity contribution < 1.29 is 23.1 Å². The van der Waals surface area contributed by atoms with Crippen molar-refractivity contribution in [2.75, 3.05) is 6.54 Å². The summed E-state index contributed by atoms with van der Waals surface area (Å²) in [6.45, 7) is -0.853. The molecule has 0 aromatic rings. The quantitative estimate of drug-likeness (QED) is 0.582. The Morgan fingerprint density at radius 1 is 1.62 bits per heavy atom. The molecule has 0 aliphatic heterocycles. The van der Waals surface area contributed by atoms with Crippen LogP contribution < -0.4 is 11.1 Å². The van der Waals surface area contributed by atoms with Crippen LogP contribution >= 0.6 is 12.2 Å². The second-order valence-electron chi connectivity index (χ2n) is 2.18. The van der Waals surface area contributed by atoms with Gasteiger partial charge in [-0.05, 0) is 12.2 Å². The Morgan fingerprint density at radius 3 is 2.31 bits per heavy atom. The molecule has 0 heterocycles. The molecule has 0 bridgehead atoms. The van der Waals surface area contributed by atoms with Gasteiger partial charge in [0.15, 0.2) is 11.0 Å². The topological polar surface area (TPSA) is 75.3 Å². The van der Waals surface area contributed by atoms with Gasteiger partial charge in [0.25, 0.3) is 0 Å². The summed E-state index contributed by atoms with van der Waals surface area (Å²) < 4.78 is 35.7. The molecule has 0 aromatic heterocycles. The molecular weight excluding hydrogens is 209 g/mol. The third-order valence-electron chi connectivity index (χ3n) is 1.17. The number of halogens is 3. The molecule has 76 valence electrons. The van der Waals surface area contributed by atoms with Crippen LogP contribution in [0.2, 0.25) is 0 Å². The molecule has 1 unspecified atom stereocenters. The van der Waals surface area contributed by atoms with Crippen LogP contribution in [-0.2, 0) is 4.79 Å². The number of nitrogens with two attached hydrogens (primary N) is 1. The molecule has 4 N–H and O–H groups in total. The fourth-order valence-corrected chi connectivity index (χ4v) is 0.629. The van der Waals surface area contributed by atoms with Crippen LogP contribution in [0.5, 0.6) is 0 Å². The molecule has 4 nitrogen and oxygen atoms in total. The number of carboxylic acid groups (broad SMARTS) is 1. The fourth-order valence-electron chi connectivity index (χ4n) is 0.546. The number of alkyl halides is 3. The predicted molar refractivity (Wildman–Crippen MR) is 42.0 cm³/mol. The average Bonchev–Trinajstić information content (AvgIpc) is 1.81. The van der Waals surface area contributed by atoms with Gasteiger partial charge in [-0.25, -0.2) is 0 Å². The zero-order chi connectivity index (χ0) is 10.6. The molecular formula is C5H7F3N2O2S. The average molecular weight is 216 g/mol. The summed E-state index contributed by atoms with van der Waals surface area (Å²) in [7, 11) is 0. The van der Waals surface area contributed by atoms with Crippen molar-refractivity contribution in [1.82, 2.24) is 5.32 Å². The Morgan fingerprint density at radius 2 is 2.08 bits per heavy atom. The molecule has 1 atom stereocenters. The summed E-state index contributed by atoms with van der Waals surface area (Å²) in [5, 5.41) is 9.75. The molecule has 0 aliphatic carbocycles. The standard InChI is InChI=1S/C5H7F3N2O2S/c6-5(7,8)2(3(11)12)1-10-4(9)13/h2H,1H2,(H,11,12)(H3,9,10,13). The lowest BCUT2D eigenvalue weighted by Crippen LogP contribution is -2.42. The fraction of sp³-hybridized carbons (Fsp3) is 0.600. The Labute approximate surface area is 76.9 Å². The van der Waals surface area contributed by atoms with Crippen LogP contribution in [0.3, 0.4) is 0 Å². The van der Waals surface area contributed by atoms with Crippen LogP contribution in [-0.4, -0.2) is 28.9 Å². The van der Waals surface area contributed by atoms with Crippen molar-refractivity contribution >= 4 is 23.3 Å². The van der Waals surface area contributed by atoms with E-state index < -0.39 is 24.6 Å². The third kappa shape index (κ3) is 4.51. The second-order valence-corrected chi connectivity index (χ2v) is 2.62. The normalized spacial score (nSPS) is 13.5. The van der Waals surface area contributed by atoms with Crippen molar-refractivity contribution in [2.45, 2.75) is 6.18 Å². The Balaban J connectivity index is 4.28. The number of aliphatic carboxylic acids is 1. The summed E-state index contributed by atoms with van der Waals surface area (Å²) >= 11 is 4.23. The van der Waals surface area contributed by atoms with Crippen molar-refractivity contribution in [1.29, 1.82) is 0 Å². The summed E-state index contributed by atoms with van der Waals surface area (Å²) in [5.41, 5.74) is 4.84. The van der Waals surface area contributed by atoms with Gasteiger partial charge in [0.05, 0.1) is 0 Å². The first-order valence-electron chi connectivity index (χ1n) is 3.08. The van der Waals surface area contributed by atoms with Crippen LogP contribution in [0.15, 0.2) is 0 Å². The predicted octanol–water partition coefficient (Wildman–Crippen LogP) is 0.0827. The van der Waals surface area contributed by atoms with Gasteiger partial charge in [0, 0.05) is 6.54 Å². The first-order valence-corrected chi connectivity index (χ1v) is 3.48. The maximum atomic E-state index is 11.9. The van der Waals surface area contributed by atoms with E-state index in [1.807, 2.05) is 5.32 Å². The number of carbonyl (C=O) groups is 1. The van der Waals surface area contributed by atoms with Gasteiger partial charge >= 0.3 is 12.1 Å². The van der Waals surface area contributed by atoms with Gasteiger partial charge in [-0.3, -0.25) is 4.79 Å². The monoisotopic (exact) mass is 216 g/mol. The van der Waals surface area contributed by atoms with Crippen molar-refractivity contribution in [3.05, 3.63) is 0 Å². The summed E-state index contributed by atoms with van der Waals surface area (Å²) in [4.78, 5) is 10.1. The van der Waals surface area contributed by atoms with E-state index in [4.69, 9.17) is 10.8 Å². The molecule has 0 spiro atoms. The largest absolute Gasteiger partial charge is 0.481 e. The number of rotatable bonds is 3. The summed E-state index contributed by atoms with van der Waals surface area (Å²) in [6, 6.07) is 0. The molecule has 0 saturated heterocycles. The number of nitrogens with one attached hydrogen (secondary N) is 1. The minimum atomic E-state index is -4.80. The summed E-state index contributed by atoms with van der Waals surface area (Å²) in [6.07, 6.45) is -4.80. The van der Waals surface area contributed by atoms with Crippen LogP contribution in [0.25, 0.3) is 0 Å². The van der Waals surface area contributed by atoms with E-state index in [-0.39, 0.29) is 5.11 Å². The van der Waals surface area contributed by atoms with Crippen LogP contribution in [0.4, 0.5) is 13.2 Å². The highest BCUT2D eigenvalue weighted by Gasteiger charge is 2.44. The van der Waals surface area contributed by atoms with E-state index in [2.05, 4.69) is 12.2 Å². The minimum absolute atomic E-state index is 0.365. The third-order valence-corrected chi connectivity index (χ3v) is 1.32. The van der Waals surface area contributed by atoms with E-state index in [0.29, 0.717) is 0 Å².